The lowest BCUT2D eigenvalue weighted by Gasteiger charge is -2.19. The number of nitrogens with one attached hydrogen (secondary N) is 1. The molecule has 0 fully saturated rings. The van der Waals surface area contributed by atoms with E-state index >= 15 is 0 Å². The molecule has 0 amide bonds. The van der Waals surface area contributed by atoms with Crippen LogP contribution in [0, 0.1) is 0 Å². The molecule has 0 saturated carbocycles. The van der Waals surface area contributed by atoms with Gasteiger partial charge in [-0.05, 0) is 13.5 Å². The number of aliphatic hydroxyl groups excluding tert-OH is 1. The number of aliphatic hydroxyl groups is 1. The van der Waals surface area contributed by atoms with Crippen LogP contribution in [0.5, 0.6) is 0 Å². The molecule has 2 atom stereocenters. The molecule has 3 nitrogen and oxygen atoms in total. The highest BCUT2D eigenvalue weighted by molar-refractivity contribution is 4.75. The van der Waals surface area contributed by atoms with E-state index in [9.17, 15) is 0 Å². The quantitative estimate of drug-likeness (QED) is 0.474. The molecule has 56 valence electrons. The van der Waals surface area contributed by atoms with Crippen molar-refractivity contribution in [2.75, 3.05) is 13.7 Å². The van der Waals surface area contributed by atoms with E-state index < -0.39 is 0 Å². The first kappa shape index (κ1) is 8.88. The van der Waals surface area contributed by atoms with Gasteiger partial charge >= 0.3 is 0 Å². The smallest absolute Gasteiger partial charge is 0.0597 e. The average Bonchev–Trinajstić information content (AvgIpc) is 1.90. The van der Waals surface area contributed by atoms with Gasteiger partial charge in [-0.3, -0.25) is 0 Å². The molecule has 0 heterocycles. The largest absolute Gasteiger partial charge is 0.395 e. The van der Waals surface area contributed by atoms with Gasteiger partial charge in [0.25, 0.3) is 0 Å². The molecule has 0 aromatic heterocycles. The van der Waals surface area contributed by atoms with Gasteiger partial charge in [0.1, 0.15) is 0 Å². The number of likely N-dealkylation sites (N-methyl/N-ethyl adjacent to an activating group) is 1. The Labute approximate surface area is 56.2 Å². The summed E-state index contributed by atoms with van der Waals surface area (Å²) in [6, 6.07) is 0.120. The normalized spacial score (nSPS) is 17.3. The van der Waals surface area contributed by atoms with Crippen molar-refractivity contribution < 1.29 is 5.11 Å². The second-order valence-electron chi connectivity index (χ2n) is 2.15. The van der Waals surface area contributed by atoms with Gasteiger partial charge in [-0.25, -0.2) is 0 Å². The number of hydrogen-bond acceptors (Lipinski definition) is 3. The molecule has 0 aromatic carbocycles. The molecule has 0 radical (unpaired) electrons. The predicted molar refractivity (Wildman–Crippen MR) is 38.2 cm³/mol. The van der Waals surface area contributed by atoms with Gasteiger partial charge in [-0.1, -0.05) is 6.92 Å². The van der Waals surface area contributed by atoms with Gasteiger partial charge in [-0.2, -0.15) is 0 Å². The molecule has 4 N–H and O–H groups in total. The Kier molecular flexibility index (Phi) is 4.67. The van der Waals surface area contributed by atoms with E-state index in [0.29, 0.717) is 0 Å². The summed E-state index contributed by atoms with van der Waals surface area (Å²) in [6.45, 7) is 2.09. The maximum Gasteiger partial charge on any atom is 0.0597 e. The van der Waals surface area contributed by atoms with Crippen LogP contribution in [-0.4, -0.2) is 30.8 Å². The van der Waals surface area contributed by atoms with Crippen LogP contribution in [0.1, 0.15) is 13.3 Å². The molecule has 0 aliphatic rings. The Hall–Kier alpha value is -0.120. The predicted octanol–water partition coefficient (Wildman–Crippen LogP) is -0.696. The van der Waals surface area contributed by atoms with Crippen LogP contribution in [-0.2, 0) is 0 Å². The van der Waals surface area contributed by atoms with Crippen molar-refractivity contribution in [3.8, 4) is 0 Å². The van der Waals surface area contributed by atoms with Crippen LogP contribution < -0.4 is 11.1 Å². The fourth-order valence-corrected chi connectivity index (χ4v) is 0.848. The van der Waals surface area contributed by atoms with Gasteiger partial charge < -0.3 is 16.2 Å². The molecule has 3 heteroatoms. The standard InChI is InChI=1S/C6H16N2O/c1-3-6(8-2)5(7)4-9/h5-6,8-9H,3-4,7H2,1-2H3. The first-order valence-electron chi connectivity index (χ1n) is 3.30. The number of rotatable bonds is 4. The highest BCUT2D eigenvalue weighted by Gasteiger charge is 2.10. The van der Waals surface area contributed by atoms with Crippen LogP contribution >= 0.6 is 0 Å². The van der Waals surface area contributed by atoms with Gasteiger partial charge in [0, 0.05) is 12.1 Å². The van der Waals surface area contributed by atoms with E-state index in [1.807, 2.05) is 14.0 Å². The molecular formula is C6H16N2O. The summed E-state index contributed by atoms with van der Waals surface area (Å²) in [5, 5.41) is 11.6. The molecule has 0 aliphatic carbocycles. The summed E-state index contributed by atoms with van der Waals surface area (Å²) in [4.78, 5) is 0. The third-order valence-corrected chi connectivity index (χ3v) is 1.54. The second-order valence-corrected chi connectivity index (χ2v) is 2.15. The minimum atomic E-state index is -0.125. The van der Waals surface area contributed by atoms with E-state index in [2.05, 4.69) is 5.32 Å². The second kappa shape index (κ2) is 4.73. The Bertz CT molecular complexity index is 64.1. The zero-order valence-corrected chi connectivity index (χ0v) is 6.09. The lowest BCUT2D eigenvalue weighted by Crippen LogP contribution is -2.45. The maximum atomic E-state index is 8.60. The Morgan fingerprint density at radius 3 is 2.33 bits per heavy atom. The van der Waals surface area contributed by atoms with Crippen molar-refractivity contribution >= 4 is 0 Å². The lowest BCUT2D eigenvalue weighted by atomic mass is 10.1. The first-order chi connectivity index (χ1) is 4.26. The summed E-state index contributed by atoms with van der Waals surface area (Å²) in [5.74, 6) is 0. The molecule has 2 unspecified atom stereocenters. The fraction of sp³-hybridized carbons (Fsp3) is 1.00. The molecule has 0 aromatic rings. The molecule has 0 rings (SSSR count). The minimum Gasteiger partial charge on any atom is -0.395 e. The Balaban J connectivity index is 3.50. The molecule has 0 bridgehead atoms. The van der Waals surface area contributed by atoms with Crippen molar-refractivity contribution in [2.24, 2.45) is 5.73 Å². The number of hydrogen-bond donors (Lipinski definition) is 3. The fourth-order valence-electron chi connectivity index (χ4n) is 0.848. The van der Waals surface area contributed by atoms with Crippen LogP contribution in [0.2, 0.25) is 0 Å². The summed E-state index contributed by atoms with van der Waals surface area (Å²) >= 11 is 0. The molecule has 9 heavy (non-hydrogen) atoms. The summed E-state index contributed by atoms with van der Waals surface area (Å²) in [7, 11) is 1.85. The summed E-state index contributed by atoms with van der Waals surface area (Å²) in [5.41, 5.74) is 5.53. The summed E-state index contributed by atoms with van der Waals surface area (Å²) < 4.78 is 0. The Morgan fingerprint density at radius 2 is 2.22 bits per heavy atom. The van der Waals surface area contributed by atoms with Crippen LogP contribution in [0.3, 0.4) is 0 Å². The molecule has 0 spiro atoms. The van der Waals surface area contributed by atoms with Crippen LogP contribution in [0.4, 0.5) is 0 Å². The van der Waals surface area contributed by atoms with E-state index in [-0.39, 0.29) is 18.7 Å². The van der Waals surface area contributed by atoms with Crippen molar-refractivity contribution in [2.45, 2.75) is 25.4 Å². The van der Waals surface area contributed by atoms with E-state index in [4.69, 9.17) is 10.8 Å². The monoisotopic (exact) mass is 132 g/mol. The molecule has 0 saturated heterocycles. The molecular weight excluding hydrogens is 116 g/mol. The maximum absolute atomic E-state index is 8.60. The SMILES string of the molecule is CCC(NC)C(N)CO. The van der Waals surface area contributed by atoms with Gasteiger partial charge in [0.15, 0.2) is 0 Å². The third-order valence-electron chi connectivity index (χ3n) is 1.54. The van der Waals surface area contributed by atoms with Crippen LogP contribution in [0.25, 0.3) is 0 Å². The van der Waals surface area contributed by atoms with Crippen molar-refractivity contribution in [3.05, 3.63) is 0 Å². The van der Waals surface area contributed by atoms with Crippen molar-refractivity contribution in [1.29, 1.82) is 0 Å². The topological polar surface area (TPSA) is 58.3 Å². The van der Waals surface area contributed by atoms with E-state index in [0.717, 1.165) is 6.42 Å². The van der Waals surface area contributed by atoms with Gasteiger partial charge in [0.05, 0.1) is 6.61 Å². The van der Waals surface area contributed by atoms with E-state index in [1.165, 1.54) is 0 Å². The number of nitrogens with two attached hydrogens (primary N) is 1. The van der Waals surface area contributed by atoms with E-state index in [1.54, 1.807) is 0 Å². The highest BCUT2D eigenvalue weighted by atomic mass is 16.3. The van der Waals surface area contributed by atoms with Crippen molar-refractivity contribution in [1.82, 2.24) is 5.32 Å². The van der Waals surface area contributed by atoms with Crippen molar-refractivity contribution in [3.63, 3.8) is 0 Å². The highest BCUT2D eigenvalue weighted by Crippen LogP contribution is 1.93. The van der Waals surface area contributed by atoms with Gasteiger partial charge in [0.2, 0.25) is 0 Å². The zero-order chi connectivity index (χ0) is 7.28. The third kappa shape index (κ3) is 2.79. The molecule has 0 aliphatic heterocycles. The first-order valence-corrected chi connectivity index (χ1v) is 3.30. The minimum absolute atomic E-state index is 0.0549. The van der Waals surface area contributed by atoms with Crippen LogP contribution in [0.15, 0.2) is 0 Å². The van der Waals surface area contributed by atoms with Gasteiger partial charge in [-0.15, -0.1) is 0 Å². The Morgan fingerprint density at radius 1 is 1.67 bits per heavy atom. The average molecular weight is 132 g/mol. The lowest BCUT2D eigenvalue weighted by molar-refractivity contribution is 0.237. The summed E-state index contributed by atoms with van der Waals surface area (Å²) in [6.07, 6.45) is 0.957. The zero-order valence-electron chi connectivity index (χ0n) is 6.09.